The molecule has 2 N–H and O–H groups in total. The normalized spacial score (nSPS) is 19.8. The summed E-state index contributed by atoms with van der Waals surface area (Å²) in [5.41, 5.74) is -0.721. The monoisotopic (exact) mass is 277 g/mol. The van der Waals surface area contributed by atoms with E-state index in [0.29, 0.717) is 11.6 Å². The predicted octanol–water partition coefficient (Wildman–Crippen LogP) is 1.70. The second-order valence-corrected chi connectivity index (χ2v) is 4.72. The molecule has 1 aromatic rings. The van der Waals surface area contributed by atoms with Gasteiger partial charge in [-0.15, -0.1) is 11.8 Å². The minimum Gasteiger partial charge on any atom is -0.323 e. The molecule has 1 aliphatic rings. The maximum atomic E-state index is 12.3. The predicted molar refractivity (Wildman–Crippen MR) is 62.1 cm³/mol. The topological polar surface area (TPSA) is 54.0 Å². The zero-order valence-electron chi connectivity index (χ0n) is 9.12. The highest BCUT2D eigenvalue weighted by Crippen LogP contribution is 2.27. The van der Waals surface area contributed by atoms with Crippen LogP contribution in [-0.4, -0.2) is 28.6 Å². The average molecular weight is 277 g/mol. The van der Waals surface area contributed by atoms with Crippen LogP contribution in [-0.2, 0) is 11.0 Å². The van der Waals surface area contributed by atoms with Crippen LogP contribution in [0.15, 0.2) is 18.3 Å². The molecule has 4 nitrogen and oxygen atoms in total. The van der Waals surface area contributed by atoms with Gasteiger partial charge in [0.05, 0.1) is 17.9 Å². The summed E-state index contributed by atoms with van der Waals surface area (Å²) in [5, 5.41) is 5.48. The van der Waals surface area contributed by atoms with Crippen LogP contribution < -0.4 is 10.6 Å². The van der Waals surface area contributed by atoms with Crippen LogP contribution in [0.4, 0.5) is 18.9 Å². The summed E-state index contributed by atoms with van der Waals surface area (Å²) in [4.78, 5) is 14.9. The van der Waals surface area contributed by atoms with Crippen molar-refractivity contribution in [2.24, 2.45) is 0 Å². The van der Waals surface area contributed by atoms with Gasteiger partial charge in [-0.1, -0.05) is 0 Å². The highest BCUT2D eigenvalue weighted by molar-refractivity contribution is 7.99. The average Bonchev–Trinajstić information content (AvgIpc) is 2.82. The van der Waals surface area contributed by atoms with Crippen molar-refractivity contribution in [1.29, 1.82) is 0 Å². The van der Waals surface area contributed by atoms with Crippen LogP contribution in [0, 0.1) is 0 Å². The van der Waals surface area contributed by atoms with Gasteiger partial charge in [-0.3, -0.25) is 10.1 Å². The van der Waals surface area contributed by atoms with E-state index in [-0.39, 0.29) is 17.6 Å². The molecule has 0 aromatic carbocycles. The van der Waals surface area contributed by atoms with Crippen molar-refractivity contribution in [1.82, 2.24) is 10.3 Å². The Hall–Kier alpha value is -1.28. The number of anilines is 1. The smallest absolute Gasteiger partial charge is 0.323 e. The number of carbonyl (C=O) groups is 1. The summed E-state index contributed by atoms with van der Waals surface area (Å²) in [6.07, 6.45) is -3.46. The van der Waals surface area contributed by atoms with Gasteiger partial charge in [-0.2, -0.15) is 13.2 Å². The van der Waals surface area contributed by atoms with Crippen molar-refractivity contribution >= 4 is 23.4 Å². The molecule has 18 heavy (non-hydrogen) atoms. The quantitative estimate of drug-likeness (QED) is 0.864. The molecule has 98 valence electrons. The molecule has 1 fully saturated rings. The molecule has 0 radical (unpaired) electrons. The number of halogens is 3. The first-order chi connectivity index (χ1) is 8.47. The van der Waals surface area contributed by atoms with Crippen molar-refractivity contribution < 1.29 is 18.0 Å². The summed E-state index contributed by atoms with van der Waals surface area (Å²) in [6.45, 7) is 0. The Morgan fingerprint density at radius 1 is 1.50 bits per heavy atom. The minimum atomic E-state index is -4.47. The Morgan fingerprint density at radius 2 is 2.28 bits per heavy atom. The summed E-state index contributed by atoms with van der Waals surface area (Å²) in [7, 11) is 0. The fourth-order valence-corrected chi connectivity index (χ4v) is 2.37. The Labute approximate surface area is 105 Å². The van der Waals surface area contributed by atoms with Crippen molar-refractivity contribution in [3.63, 3.8) is 0 Å². The standard InChI is InChI=1S/C10H10F3N3OS/c11-10(12,13)8-2-1-6(3-14-8)16-9(17)7-4-18-5-15-7/h1-3,7,15H,4-5H2,(H,16,17). The number of pyridine rings is 1. The molecule has 2 heterocycles. The molecule has 1 unspecified atom stereocenters. The Balaban J connectivity index is 2.00. The third kappa shape index (κ3) is 3.14. The second-order valence-electron chi connectivity index (χ2n) is 3.69. The van der Waals surface area contributed by atoms with Gasteiger partial charge < -0.3 is 5.32 Å². The fourth-order valence-electron chi connectivity index (χ4n) is 1.43. The number of alkyl halides is 3. The van der Waals surface area contributed by atoms with E-state index in [0.717, 1.165) is 12.3 Å². The van der Waals surface area contributed by atoms with Gasteiger partial charge in [0, 0.05) is 11.6 Å². The number of amides is 1. The number of aromatic nitrogens is 1. The lowest BCUT2D eigenvalue weighted by Crippen LogP contribution is -2.37. The highest BCUT2D eigenvalue weighted by atomic mass is 32.2. The summed E-state index contributed by atoms with van der Waals surface area (Å²) in [5.74, 6) is 1.09. The Bertz CT molecular complexity index is 429. The molecule has 1 amide bonds. The van der Waals surface area contributed by atoms with E-state index in [2.05, 4.69) is 15.6 Å². The number of nitrogens with one attached hydrogen (secondary N) is 2. The second kappa shape index (κ2) is 5.15. The Morgan fingerprint density at radius 3 is 2.78 bits per heavy atom. The maximum absolute atomic E-state index is 12.3. The van der Waals surface area contributed by atoms with E-state index in [1.165, 1.54) is 6.07 Å². The lowest BCUT2D eigenvalue weighted by molar-refractivity contribution is -0.141. The van der Waals surface area contributed by atoms with Crippen LogP contribution >= 0.6 is 11.8 Å². The van der Waals surface area contributed by atoms with Crippen LogP contribution in [0.5, 0.6) is 0 Å². The molecule has 0 aliphatic carbocycles. The summed E-state index contributed by atoms with van der Waals surface area (Å²) >= 11 is 1.59. The number of thioether (sulfide) groups is 1. The van der Waals surface area contributed by atoms with E-state index in [1.54, 1.807) is 11.8 Å². The van der Waals surface area contributed by atoms with Gasteiger partial charge in [-0.05, 0) is 12.1 Å². The first-order valence-electron chi connectivity index (χ1n) is 5.12. The first kappa shape index (κ1) is 13.2. The molecule has 1 aliphatic heterocycles. The van der Waals surface area contributed by atoms with E-state index >= 15 is 0 Å². The lowest BCUT2D eigenvalue weighted by atomic mass is 10.3. The summed E-state index contributed by atoms with van der Waals surface area (Å²) < 4.78 is 36.8. The van der Waals surface area contributed by atoms with Crippen LogP contribution in [0.3, 0.4) is 0 Å². The van der Waals surface area contributed by atoms with Gasteiger partial charge in [0.1, 0.15) is 5.69 Å². The third-order valence-corrected chi connectivity index (χ3v) is 3.29. The highest BCUT2D eigenvalue weighted by Gasteiger charge is 2.32. The van der Waals surface area contributed by atoms with E-state index in [1.807, 2.05) is 0 Å². The SMILES string of the molecule is O=C(Nc1ccc(C(F)(F)F)nc1)C1CSCN1. The molecule has 0 saturated carbocycles. The zero-order valence-corrected chi connectivity index (χ0v) is 9.94. The molecular weight excluding hydrogens is 267 g/mol. The van der Waals surface area contributed by atoms with Gasteiger partial charge in [0.15, 0.2) is 0 Å². The molecule has 2 rings (SSSR count). The Kier molecular flexibility index (Phi) is 3.76. The lowest BCUT2D eigenvalue weighted by Gasteiger charge is -2.11. The van der Waals surface area contributed by atoms with E-state index in [4.69, 9.17) is 0 Å². The van der Waals surface area contributed by atoms with Crippen molar-refractivity contribution in [2.75, 3.05) is 16.9 Å². The minimum absolute atomic E-state index is 0.256. The number of rotatable bonds is 2. The number of hydrogen-bond donors (Lipinski definition) is 2. The first-order valence-corrected chi connectivity index (χ1v) is 6.27. The van der Waals surface area contributed by atoms with Gasteiger partial charge in [0.25, 0.3) is 0 Å². The van der Waals surface area contributed by atoms with Crippen LogP contribution in [0.25, 0.3) is 0 Å². The number of nitrogens with zero attached hydrogens (tertiary/aromatic N) is 1. The molecule has 0 spiro atoms. The van der Waals surface area contributed by atoms with Gasteiger partial charge >= 0.3 is 6.18 Å². The summed E-state index contributed by atoms with van der Waals surface area (Å²) in [6, 6.07) is 1.72. The number of carbonyl (C=O) groups excluding carboxylic acids is 1. The van der Waals surface area contributed by atoms with Gasteiger partial charge in [0.2, 0.25) is 5.91 Å². The van der Waals surface area contributed by atoms with E-state index in [9.17, 15) is 18.0 Å². The third-order valence-electron chi connectivity index (χ3n) is 2.35. The van der Waals surface area contributed by atoms with Crippen LogP contribution in [0.1, 0.15) is 5.69 Å². The largest absolute Gasteiger partial charge is 0.433 e. The van der Waals surface area contributed by atoms with Crippen molar-refractivity contribution in [3.8, 4) is 0 Å². The fraction of sp³-hybridized carbons (Fsp3) is 0.400. The zero-order chi connectivity index (χ0) is 13.2. The molecule has 8 heteroatoms. The molecule has 1 aromatic heterocycles. The van der Waals surface area contributed by atoms with E-state index < -0.39 is 11.9 Å². The van der Waals surface area contributed by atoms with Crippen LogP contribution in [0.2, 0.25) is 0 Å². The van der Waals surface area contributed by atoms with Crippen molar-refractivity contribution in [2.45, 2.75) is 12.2 Å². The number of hydrogen-bond acceptors (Lipinski definition) is 4. The molecular formula is C10H10F3N3OS. The molecule has 1 atom stereocenters. The van der Waals surface area contributed by atoms with Crippen molar-refractivity contribution in [3.05, 3.63) is 24.0 Å². The molecule has 0 bridgehead atoms. The molecule has 1 saturated heterocycles. The van der Waals surface area contributed by atoms with Gasteiger partial charge in [-0.25, -0.2) is 4.98 Å². The maximum Gasteiger partial charge on any atom is 0.433 e.